The van der Waals surface area contributed by atoms with E-state index in [1.807, 2.05) is 33.8 Å². The van der Waals surface area contributed by atoms with Crippen molar-refractivity contribution in [3.8, 4) is 12.3 Å². The van der Waals surface area contributed by atoms with Crippen molar-refractivity contribution in [1.29, 1.82) is 0 Å². The average molecular weight is 286 g/mol. The largest absolute Gasteiger partial charge is 0.393 e. The lowest BCUT2D eigenvalue weighted by atomic mass is 9.96. The van der Waals surface area contributed by atoms with Gasteiger partial charge < -0.3 is 0 Å². The number of rotatable bonds is 2. The van der Waals surface area contributed by atoms with Gasteiger partial charge in [0.15, 0.2) is 0 Å². The first kappa shape index (κ1) is 20.9. The second kappa shape index (κ2) is 10.4. The molecule has 1 aromatic rings. The molecule has 3 heteroatoms. The molecular weight excluding hydrogens is 261 g/mol. The van der Waals surface area contributed by atoms with Crippen LogP contribution in [0, 0.1) is 19.3 Å². The lowest BCUT2D eigenvalue weighted by molar-refractivity contribution is -0.127. The molecule has 0 atom stereocenters. The minimum absolute atomic E-state index is 0.262. The van der Waals surface area contributed by atoms with Crippen LogP contribution in [-0.2, 0) is 6.42 Å². The molecular formula is C17H25F3. The fourth-order valence-corrected chi connectivity index (χ4v) is 1.46. The molecule has 0 saturated carbocycles. The highest BCUT2D eigenvalue weighted by Crippen LogP contribution is 2.25. The predicted octanol–water partition coefficient (Wildman–Crippen LogP) is 5.89. The number of aryl methyl sites for hydroxylation is 1. The van der Waals surface area contributed by atoms with E-state index in [1.165, 1.54) is 0 Å². The fourth-order valence-electron chi connectivity index (χ4n) is 1.46. The van der Waals surface area contributed by atoms with Crippen molar-refractivity contribution >= 4 is 0 Å². The van der Waals surface area contributed by atoms with E-state index in [1.54, 1.807) is 26.0 Å². The molecule has 1 rings (SSSR count). The normalized spacial score (nSPS) is 9.85. The lowest BCUT2D eigenvalue weighted by Crippen LogP contribution is -2.12. The van der Waals surface area contributed by atoms with Crippen molar-refractivity contribution in [1.82, 2.24) is 0 Å². The van der Waals surface area contributed by atoms with E-state index in [2.05, 4.69) is 12.3 Å². The van der Waals surface area contributed by atoms with Gasteiger partial charge in [0.05, 0.1) is 6.42 Å². The first-order chi connectivity index (χ1) is 9.21. The van der Waals surface area contributed by atoms with Gasteiger partial charge in [0, 0.05) is 0 Å². The Kier molecular flexibility index (Phi) is 10.8. The molecule has 0 aliphatic heterocycles. The zero-order chi connectivity index (χ0) is 16.3. The zero-order valence-electron chi connectivity index (χ0n) is 13.2. The third-order valence-electron chi connectivity index (χ3n) is 2.43. The SMILES string of the molecule is C#CC.CC.Cc1ccc(C(C)C)cc1CC(F)(F)F. The average Bonchev–Trinajstić information content (AvgIpc) is 2.33. The predicted molar refractivity (Wildman–Crippen MR) is 80.9 cm³/mol. The first-order valence-electron chi connectivity index (χ1n) is 6.74. The Bertz CT molecular complexity index is 409. The van der Waals surface area contributed by atoms with E-state index in [-0.39, 0.29) is 5.92 Å². The maximum Gasteiger partial charge on any atom is 0.393 e. The minimum Gasteiger partial charge on any atom is -0.171 e. The van der Waals surface area contributed by atoms with Gasteiger partial charge in [-0.15, -0.1) is 12.3 Å². The van der Waals surface area contributed by atoms with Gasteiger partial charge in [0.25, 0.3) is 0 Å². The van der Waals surface area contributed by atoms with Crippen LogP contribution >= 0.6 is 0 Å². The zero-order valence-corrected chi connectivity index (χ0v) is 13.2. The Hall–Kier alpha value is -1.43. The van der Waals surface area contributed by atoms with E-state index in [0.29, 0.717) is 11.1 Å². The second-order valence-corrected chi connectivity index (χ2v) is 4.42. The lowest BCUT2D eigenvalue weighted by Gasteiger charge is -2.12. The molecule has 0 unspecified atom stereocenters. The van der Waals surface area contributed by atoms with Crippen LogP contribution in [0.4, 0.5) is 13.2 Å². The second-order valence-electron chi connectivity index (χ2n) is 4.42. The van der Waals surface area contributed by atoms with Crippen molar-refractivity contribution in [2.24, 2.45) is 0 Å². The highest BCUT2D eigenvalue weighted by atomic mass is 19.4. The summed E-state index contributed by atoms with van der Waals surface area (Å²) < 4.78 is 36.8. The number of hydrogen-bond donors (Lipinski definition) is 0. The Labute approximate surface area is 121 Å². The van der Waals surface area contributed by atoms with Crippen molar-refractivity contribution < 1.29 is 13.2 Å². The molecule has 0 heterocycles. The molecule has 0 amide bonds. The Morgan fingerprint density at radius 3 is 2.00 bits per heavy atom. The van der Waals surface area contributed by atoms with Gasteiger partial charge in [0.2, 0.25) is 0 Å². The van der Waals surface area contributed by atoms with Crippen LogP contribution in [0.2, 0.25) is 0 Å². The molecule has 0 nitrogen and oxygen atoms in total. The van der Waals surface area contributed by atoms with Crippen molar-refractivity contribution in [2.75, 3.05) is 0 Å². The molecule has 0 aliphatic carbocycles. The van der Waals surface area contributed by atoms with Crippen molar-refractivity contribution in [3.63, 3.8) is 0 Å². The topological polar surface area (TPSA) is 0 Å². The molecule has 114 valence electrons. The standard InChI is InChI=1S/C12H15F3.C3H4.C2H6/c1-8(2)10-5-4-9(3)11(6-10)7-12(13,14)15;1-3-2;1-2/h4-6,8H,7H2,1-3H3;1H,2H3;1-2H3. The van der Waals surface area contributed by atoms with Gasteiger partial charge >= 0.3 is 6.18 Å². The molecule has 0 fully saturated rings. The molecule has 0 saturated heterocycles. The van der Waals surface area contributed by atoms with Crippen LogP contribution in [0.1, 0.15) is 57.2 Å². The van der Waals surface area contributed by atoms with Gasteiger partial charge in [-0.1, -0.05) is 45.9 Å². The van der Waals surface area contributed by atoms with E-state index >= 15 is 0 Å². The highest BCUT2D eigenvalue weighted by Gasteiger charge is 2.28. The van der Waals surface area contributed by atoms with Crippen molar-refractivity contribution in [3.05, 3.63) is 34.9 Å². The molecule has 0 aliphatic rings. The Balaban J connectivity index is 0. The summed E-state index contributed by atoms with van der Waals surface area (Å²) in [6.45, 7) is 11.3. The van der Waals surface area contributed by atoms with Crippen LogP contribution in [0.5, 0.6) is 0 Å². The summed E-state index contributed by atoms with van der Waals surface area (Å²) in [6, 6.07) is 5.31. The van der Waals surface area contributed by atoms with Crippen molar-refractivity contribution in [2.45, 2.75) is 60.1 Å². The third kappa shape index (κ3) is 9.49. The van der Waals surface area contributed by atoms with Gasteiger partial charge in [-0.25, -0.2) is 0 Å². The van der Waals surface area contributed by atoms with E-state index in [9.17, 15) is 13.2 Å². The minimum atomic E-state index is -4.12. The molecule has 0 N–H and O–H groups in total. The number of hydrogen-bond acceptors (Lipinski definition) is 0. The molecule has 0 spiro atoms. The molecule has 0 bridgehead atoms. The maximum absolute atomic E-state index is 12.3. The van der Waals surface area contributed by atoms with Crippen LogP contribution in [-0.4, -0.2) is 6.18 Å². The van der Waals surface area contributed by atoms with Crippen LogP contribution in [0.3, 0.4) is 0 Å². The number of terminal acetylenes is 1. The Morgan fingerprint density at radius 1 is 1.20 bits per heavy atom. The monoisotopic (exact) mass is 286 g/mol. The summed E-state index contributed by atoms with van der Waals surface area (Å²) in [4.78, 5) is 0. The van der Waals surface area contributed by atoms with E-state index < -0.39 is 12.6 Å². The smallest absolute Gasteiger partial charge is 0.171 e. The summed E-state index contributed by atoms with van der Waals surface area (Å²) in [5, 5.41) is 0. The van der Waals surface area contributed by atoms with Crippen LogP contribution in [0.25, 0.3) is 0 Å². The van der Waals surface area contributed by atoms with Gasteiger partial charge in [0.1, 0.15) is 0 Å². The quantitative estimate of drug-likeness (QED) is 0.595. The van der Waals surface area contributed by atoms with Gasteiger partial charge in [-0.3, -0.25) is 0 Å². The van der Waals surface area contributed by atoms with Crippen LogP contribution in [0.15, 0.2) is 18.2 Å². The summed E-state index contributed by atoms with van der Waals surface area (Å²) in [5.74, 6) is 2.51. The van der Waals surface area contributed by atoms with E-state index in [0.717, 1.165) is 5.56 Å². The van der Waals surface area contributed by atoms with Gasteiger partial charge in [-0.05, 0) is 36.5 Å². The number of alkyl halides is 3. The first-order valence-corrected chi connectivity index (χ1v) is 6.74. The molecule has 0 aromatic heterocycles. The summed E-state index contributed by atoms with van der Waals surface area (Å²) in [5.41, 5.74) is 2.05. The fraction of sp³-hybridized carbons (Fsp3) is 0.529. The van der Waals surface area contributed by atoms with Crippen LogP contribution < -0.4 is 0 Å². The highest BCUT2D eigenvalue weighted by molar-refractivity contribution is 5.33. The Morgan fingerprint density at radius 2 is 1.65 bits per heavy atom. The van der Waals surface area contributed by atoms with Gasteiger partial charge in [-0.2, -0.15) is 13.2 Å². The molecule has 0 radical (unpaired) electrons. The summed E-state index contributed by atoms with van der Waals surface area (Å²) >= 11 is 0. The third-order valence-corrected chi connectivity index (χ3v) is 2.43. The number of halogens is 3. The molecule has 1 aromatic carbocycles. The molecule has 20 heavy (non-hydrogen) atoms. The summed E-state index contributed by atoms with van der Waals surface area (Å²) in [7, 11) is 0. The maximum atomic E-state index is 12.3. The number of benzene rings is 1. The summed E-state index contributed by atoms with van der Waals surface area (Å²) in [6.07, 6.45) is -0.361. The van der Waals surface area contributed by atoms with E-state index in [4.69, 9.17) is 0 Å².